The first-order valence-corrected chi connectivity index (χ1v) is 12.3. The zero-order valence-corrected chi connectivity index (χ0v) is 20.3. The van der Waals surface area contributed by atoms with Gasteiger partial charge in [-0.3, -0.25) is 9.69 Å². The molecule has 4 rings (SSSR count). The molecular formula is C27H31ClFN3O2. The Morgan fingerprint density at radius 1 is 1.09 bits per heavy atom. The van der Waals surface area contributed by atoms with E-state index < -0.39 is 0 Å². The lowest BCUT2D eigenvalue weighted by atomic mass is 10.1. The quantitative estimate of drug-likeness (QED) is 0.369. The van der Waals surface area contributed by atoms with Crippen LogP contribution in [0.1, 0.15) is 23.2 Å². The lowest BCUT2D eigenvalue weighted by Crippen LogP contribution is -2.48. The highest BCUT2D eigenvalue weighted by Crippen LogP contribution is 2.30. The van der Waals surface area contributed by atoms with Gasteiger partial charge in [-0.2, -0.15) is 0 Å². The number of aryl methyl sites for hydroxylation is 1. The number of amides is 1. The summed E-state index contributed by atoms with van der Waals surface area (Å²) in [5.74, 6) is 0.575. The SMILES string of the molecule is Cc1c(/C=C/C(=O)N2CCN(CCc3ccc(F)cc3)CC2)c2cc(O)ccc2n1CCCCl. The Morgan fingerprint density at radius 2 is 1.82 bits per heavy atom. The van der Waals surface area contributed by atoms with Gasteiger partial charge in [0.2, 0.25) is 5.91 Å². The summed E-state index contributed by atoms with van der Waals surface area (Å²) in [6.07, 6.45) is 5.23. The van der Waals surface area contributed by atoms with Crippen LogP contribution < -0.4 is 0 Å². The smallest absolute Gasteiger partial charge is 0.246 e. The van der Waals surface area contributed by atoms with Crippen LogP contribution in [0.4, 0.5) is 4.39 Å². The van der Waals surface area contributed by atoms with E-state index >= 15 is 0 Å². The molecule has 0 radical (unpaired) electrons. The molecule has 1 aromatic heterocycles. The van der Waals surface area contributed by atoms with Crippen LogP contribution in [-0.4, -0.2) is 64.0 Å². The molecule has 7 heteroatoms. The van der Waals surface area contributed by atoms with E-state index in [1.165, 1.54) is 12.1 Å². The molecule has 180 valence electrons. The summed E-state index contributed by atoms with van der Waals surface area (Å²) in [4.78, 5) is 17.1. The summed E-state index contributed by atoms with van der Waals surface area (Å²) in [7, 11) is 0. The molecule has 2 aromatic carbocycles. The molecule has 1 amide bonds. The van der Waals surface area contributed by atoms with E-state index in [4.69, 9.17) is 11.6 Å². The number of aromatic nitrogens is 1. The zero-order chi connectivity index (χ0) is 24.1. The molecule has 0 bridgehead atoms. The summed E-state index contributed by atoms with van der Waals surface area (Å²) in [6, 6.07) is 12.0. The molecular weight excluding hydrogens is 453 g/mol. The maximum atomic E-state index is 13.1. The summed E-state index contributed by atoms with van der Waals surface area (Å²) < 4.78 is 15.3. The zero-order valence-electron chi connectivity index (χ0n) is 19.5. The number of aromatic hydroxyl groups is 1. The van der Waals surface area contributed by atoms with E-state index in [1.807, 2.05) is 36.1 Å². The summed E-state index contributed by atoms with van der Waals surface area (Å²) >= 11 is 5.91. The van der Waals surface area contributed by atoms with E-state index in [0.717, 1.165) is 66.7 Å². The maximum absolute atomic E-state index is 13.1. The van der Waals surface area contributed by atoms with Crippen molar-refractivity contribution in [2.75, 3.05) is 38.6 Å². The Hall–Kier alpha value is -2.83. The molecule has 0 unspecified atom stereocenters. The first-order valence-electron chi connectivity index (χ1n) is 11.8. The average molecular weight is 484 g/mol. The average Bonchev–Trinajstić information content (AvgIpc) is 3.10. The Bertz CT molecular complexity index is 1160. The van der Waals surface area contributed by atoms with Gasteiger partial charge in [-0.1, -0.05) is 12.1 Å². The standard InChI is InChI=1S/C27H31ClFN3O2/c1-20-24(25-19-23(33)7-9-26(25)32(20)13-2-12-28)8-10-27(34)31-17-15-30(16-18-31)14-11-21-3-5-22(29)6-4-21/h3-10,19,33H,2,11-18H2,1H3/b10-8+. The number of hydrogen-bond acceptors (Lipinski definition) is 3. The number of halogens is 2. The second-order valence-electron chi connectivity index (χ2n) is 8.77. The monoisotopic (exact) mass is 483 g/mol. The summed E-state index contributed by atoms with van der Waals surface area (Å²) in [5, 5.41) is 10.9. The van der Waals surface area contributed by atoms with Crippen LogP contribution in [0.3, 0.4) is 0 Å². The number of carbonyl (C=O) groups excluding carboxylic acids is 1. The molecule has 0 aliphatic carbocycles. The minimum Gasteiger partial charge on any atom is -0.508 e. The first-order chi connectivity index (χ1) is 16.5. The number of benzene rings is 2. The van der Waals surface area contributed by atoms with E-state index in [0.29, 0.717) is 19.0 Å². The van der Waals surface area contributed by atoms with Gasteiger partial charge in [0.25, 0.3) is 0 Å². The minimum atomic E-state index is -0.212. The van der Waals surface area contributed by atoms with Crippen LogP contribution in [0.25, 0.3) is 17.0 Å². The van der Waals surface area contributed by atoms with Gasteiger partial charge in [0, 0.05) is 73.4 Å². The molecule has 1 saturated heterocycles. The molecule has 1 fully saturated rings. The number of hydrogen-bond donors (Lipinski definition) is 1. The Balaban J connectivity index is 1.38. The number of carbonyl (C=O) groups is 1. The molecule has 0 spiro atoms. The Kier molecular flexibility index (Phi) is 7.91. The van der Waals surface area contributed by atoms with Gasteiger partial charge in [-0.25, -0.2) is 4.39 Å². The second-order valence-corrected chi connectivity index (χ2v) is 9.15. The van der Waals surface area contributed by atoms with Crippen LogP contribution in [-0.2, 0) is 17.8 Å². The molecule has 1 aliphatic heterocycles. The van der Waals surface area contributed by atoms with E-state index in [2.05, 4.69) is 9.47 Å². The fraction of sp³-hybridized carbons (Fsp3) is 0.370. The third kappa shape index (κ3) is 5.62. The lowest BCUT2D eigenvalue weighted by molar-refractivity contribution is -0.127. The van der Waals surface area contributed by atoms with Crippen molar-refractivity contribution in [3.05, 3.63) is 71.2 Å². The Labute approximate surface area is 205 Å². The predicted molar refractivity (Wildman–Crippen MR) is 136 cm³/mol. The third-order valence-electron chi connectivity index (χ3n) is 6.58. The van der Waals surface area contributed by atoms with Gasteiger partial charge < -0.3 is 14.6 Å². The van der Waals surface area contributed by atoms with Gasteiger partial charge >= 0.3 is 0 Å². The topological polar surface area (TPSA) is 48.7 Å². The highest BCUT2D eigenvalue weighted by molar-refractivity contribution is 6.17. The van der Waals surface area contributed by atoms with Gasteiger partial charge in [0.05, 0.1) is 0 Å². The molecule has 0 atom stereocenters. The number of alkyl halides is 1. The van der Waals surface area contributed by atoms with Crippen molar-refractivity contribution in [2.45, 2.75) is 26.3 Å². The highest BCUT2D eigenvalue weighted by atomic mass is 35.5. The van der Waals surface area contributed by atoms with Gasteiger partial charge in [0.1, 0.15) is 11.6 Å². The number of phenols is 1. The van der Waals surface area contributed by atoms with Crippen LogP contribution >= 0.6 is 11.6 Å². The van der Waals surface area contributed by atoms with Crippen molar-refractivity contribution in [3.8, 4) is 5.75 Å². The fourth-order valence-electron chi connectivity index (χ4n) is 4.60. The molecule has 5 nitrogen and oxygen atoms in total. The maximum Gasteiger partial charge on any atom is 0.246 e. The van der Waals surface area contributed by atoms with Crippen LogP contribution in [0, 0.1) is 12.7 Å². The molecule has 3 aromatic rings. The summed E-state index contributed by atoms with van der Waals surface area (Å²) in [5.41, 5.74) is 4.16. The number of piperazine rings is 1. The van der Waals surface area contributed by atoms with E-state index in [1.54, 1.807) is 18.2 Å². The third-order valence-corrected chi connectivity index (χ3v) is 6.84. The largest absolute Gasteiger partial charge is 0.508 e. The van der Waals surface area contributed by atoms with Crippen LogP contribution in [0.2, 0.25) is 0 Å². The summed E-state index contributed by atoms with van der Waals surface area (Å²) in [6.45, 7) is 6.74. The van der Waals surface area contributed by atoms with Crippen molar-refractivity contribution < 1.29 is 14.3 Å². The van der Waals surface area contributed by atoms with Crippen LogP contribution in [0.15, 0.2) is 48.5 Å². The number of nitrogens with zero attached hydrogens (tertiary/aromatic N) is 3. The molecule has 2 heterocycles. The minimum absolute atomic E-state index is 0.000559. The van der Waals surface area contributed by atoms with Crippen molar-refractivity contribution in [2.24, 2.45) is 0 Å². The first kappa shape index (κ1) is 24.3. The second kappa shape index (κ2) is 11.1. The number of rotatable bonds is 8. The van der Waals surface area contributed by atoms with Crippen LogP contribution in [0.5, 0.6) is 5.75 Å². The normalized spacial score (nSPS) is 15.0. The van der Waals surface area contributed by atoms with Gasteiger partial charge in [0.15, 0.2) is 0 Å². The highest BCUT2D eigenvalue weighted by Gasteiger charge is 2.20. The van der Waals surface area contributed by atoms with Crippen molar-refractivity contribution in [1.29, 1.82) is 0 Å². The lowest BCUT2D eigenvalue weighted by Gasteiger charge is -2.34. The molecule has 1 N–H and O–H groups in total. The van der Waals surface area contributed by atoms with E-state index in [9.17, 15) is 14.3 Å². The van der Waals surface area contributed by atoms with E-state index in [-0.39, 0.29) is 17.5 Å². The molecule has 0 saturated carbocycles. The van der Waals surface area contributed by atoms with Gasteiger partial charge in [-0.05, 0) is 61.7 Å². The number of phenolic OH excluding ortho intramolecular Hbond substituents is 1. The van der Waals surface area contributed by atoms with Crippen molar-refractivity contribution in [3.63, 3.8) is 0 Å². The van der Waals surface area contributed by atoms with Crippen molar-refractivity contribution >= 4 is 34.5 Å². The fourth-order valence-corrected chi connectivity index (χ4v) is 4.72. The Morgan fingerprint density at radius 3 is 2.53 bits per heavy atom. The van der Waals surface area contributed by atoms with Crippen molar-refractivity contribution in [1.82, 2.24) is 14.4 Å². The molecule has 1 aliphatic rings. The predicted octanol–water partition coefficient (Wildman–Crippen LogP) is 4.82. The van der Waals surface area contributed by atoms with Gasteiger partial charge in [-0.15, -0.1) is 11.6 Å². The molecule has 34 heavy (non-hydrogen) atoms. The number of fused-ring (bicyclic) bond motifs is 1.